The van der Waals surface area contributed by atoms with Crippen LogP contribution in [-0.4, -0.2) is 10.1 Å². The predicted molar refractivity (Wildman–Crippen MR) is 30.3 cm³/mol. The molecule has 3 nitrogen and oxygen atoms in total. The molecule has 0 aromatic carbocycles. The summed E-state index contributed by atoms with van der Waals surface area (Å²) in [6.07, 6.45) is 1.13. The van der Waals surface area contributed by atoms with Crippen LogP contribution in [0.25, 0.3) is 0 Å². The molecule has 0 fully saturated rings. The third-order valence-electron chi connectivity index (χ3n) is 0.842. The van der Waals surface area contributed by atoms with Gasteiger partial charge in [-0.25, -0.2) is 4.98 Å². The number of hydrogen-bond acceptors (Lipinski definition) is 3. The van der Waals surface area contributed by atoms with E-state index in [9.17, 15) is 4.39 Å². The summed E-state index contributed by atoms with van der Waals surface area (Å²) in [6, 6.07) is 1.10. The third kappa shape index (κ3) is 1.07. The smallest absolute Gasteiger partial charge is 0.255 e. The van der Waals surface area contributed by atoms with Crippen molar-refractivity contribution >= 4 is 5.69 Å². The summed E-state index contributed by atoms with van der Waals surface area (Å²) in [6.45, 7) is 0. The maximum Gasteiger partial charge on any atom is 0.255 e. The van der Waals surface area contributed by atoms with Crippen molar-refractivity contribution in [3.8, 4) is 5.75 Å². The van der Waals surface area contributed by atoms with E-state index in [2.05, 4.69) is 4.98 Å². The Bertz CT molecular complexity index is 226. The molecule has 0 aliphatic carbocycles. The van der Waals surface area contributed by atoms with Crippen molar-refractivity contribution in [1.82, 2.24) is 4.98 Å². The van der Waals surface area contributed by atoms with Gasteiger partial charge in [-0.15, -0.1) is 0 Å². The SMILES string of the molecule is Nc1cnc(F)c(O)c1. The van der Waals surface area contributed by atoms with Crippen LogP contribution in [-0.2, 0) is 0 Å². The molecule has 0 atom stereocenters. The number of halogens is 1. The maximum atomic E-state index is 12.1. The van der Waals surface area contributed by atoms with Crippen LogP contribution < -0.4 is 5.73 Å². The van der Waals surface area contributed by atoms with E-state index in [1.54, 1.807) is 0 Å². The Labute approximate surface area is 51.0 Å². The summed E-state index contributed by atoms with van der Waals surface area (Å²) >= 11 is 0. The Kier molecular flexibility index (Phi) is 1.22. The van der Waals surface area contributed by atoms with Gasteiger partial charge >= 0.3 is 0 Å². The van der Waals surface area contributed by atoms with Gasteiger partial charge in [0.25, 0.3) is 5.95 Å². The topological polar surface area (TPSA) is 59.1 Å². The van der Waals surface area contributed by atoms with Crippen LogP contribution >= 0.6 is 0 Å². The number of nitrogens with two attached hydrogens (primary N) is 1. The van der Waals surface area contributed by atoms with Crippen LogP contribution in [0.2, 0.25) is 0 Å². The number of rotatable bonds is 0. The Morgan fingerprint density at radius 3 is 2.78 bits per heavy atom. The molecule has 0 aliphatic heterocycles. The first-order valence-corrected chi connectivity index (χ1v) is 2.30. The van der Waals surface area contributed by atoms with Gasteiger partial charge in [0.05, 0.1) is 11.9 Å². The minimum atomic E-state index is -0.899. The second kappa shape index (κ2) is 1.89. The molecule has 1 aromatic rings. The average molecular weight is 128 g/mol. The van der Waals surface area contributed by atoms with Crippen molar-refractivity contribution in [2.45, 2.75) is 0 Å². The van der Waals surface area contributed by atoms with Gasteiger partial charge in [0.1, 0.15) is 0 Å². The monoisotopic (exact) mass is 128 g/mol. The first-order chi connectivity index (χ1) is 4.20. The summed E-state index contributed by atoms with van der Waals surface area (Å²) in [5, 5.41) is 8.58. The van der Waals surface area contributed by atoms with Crippen LogP contribution in [0.3, 0.4) is 0 Å². The van der Waals surface area contributed by atoms with E-state index in [0.29, 0.717) is 0 Å². The summed E-state index contributed by atoms with van der Waals surface area (Å²) in [5.74, 6) is -1.42. The lowest BCUT2D eigenvalue weighted by Crippen LogP contribution is -1.88. The first kappa shape index (κ1) is 5.81. The molecule has 4 heteroatoms. The highest BCUT2D eigenvalue weighted by Crippen LogP contribution is 2.14. The Morgan fingerprint density at radius 1 is 1.67 bits per heavy atom. The van der Waals surface area contributed by atoms with Crippen LogP contribution in [0.5, 0.6) is 5.75 Å². The minimum absolute atomic E-state index is 0.244. The fraction of sp³-hybridized carbons (Fsp3) is 0. The van der Waals surface area contributed by atoms with Gasteiger partial charge in [0, 0.05) is 6.07 Å². The van der Waals surface area contributed by atoms with E-state index in [4.69, 9.17) is 10.8 Å². The Morgan fingerprint density at radius 2 is 2.33 bits per heavy atom. The highest BCUT2D eigenvalue weighted by atomic mass is 19.1. The highest BCUT2D eigenvalue weighted by Gasteiger charge is 1.98. The van der Waals surface area contributed by atoms with Gasteiger partial charge in [-0.05, 0) is 0 Å². The van der Waals surface area contributed by atoms with E-state index in [0.717, 1.165) is 12.3 Å². The van der Waals surface area contributed by atoms with Crippen molar-refractivity contribution in [3.05, 3.63) is 18.2 Å². The number of anilines is 1. The van der Waals surface area contributed by atoms with Gasteiger partial charge in [0.2, 0.25) is 0 Å². The second-order valence-corrected chi connectivity index (χ2v) is 1.58. The largest absolute Gasteiger partial charge is 0.504 e. The number of pyridine rings is 1. The first-order valence-electron chi connectivity index (χ1n) is 2.30. The fourth-order valence-corrected chi connectivity index (χ4v) is 0.452. The zero-order chi connectivity index (χ0) is 6.85. The van der Waals surface area contributed by atoms with E-state index in [1.807, 2.05) is 0 Å². The molecule has 1 rings (SSSR count). The molecule has 0 saturated heterocycles. The van der Waals surface area contributed by atoms with Crippen molar-refractivity contribution in [2.24, 2.45) is 0 Å². The standard InChI is InChI=1S/C5H5FN2O/c6-5-4(9)1-3(7)2-8-5/h1-2,9H,7H2. The summed E-state index contributed by atoms with van der Waals surface area (Å²) in [5.41, 5.74) is 5.38. The third-order valence-corrected chi connectivity index (χ3v) is 0.842. The quantitative estimate of drug-likeness (QED) is 0.500. The predicted octanol–water partition coefficient (Wildman–Crippen LogP) is 0.508. The number of aromatic nitrogens is 1. The summed E-state index contributed by atoms with van der Waals surface area (Å²) in [7, 11) is 0. The van der Waals surface area contributed by atoms with Crippen molar-refractivity contribution in [3.63, 3.8) is 0 Å². The molecule has 0 radical (unpaired) electrons. The normalized spacial score (nSPS) is 9.44. The van der Waals surface area contributed by atoms with Crippen LogP contribution in [0.4, 0.5) is 10.1 Å². The van der Waals surface area contributed by atoms with Gasteiger partial charge in [-0.3, -0.25) is 0 Å². The van der Waals surface area contributed by atoms with Crippen LogP contribution in [0.15, 0.2) is 12.3 Å². The van der Waals surface area contributed by atoms with Gasteiger partial charge in [-0.2, -0.15) is 4.39 Å². The minimum Gasteiger partial charge on any atom is -0.504 e. The number of nitrogens with zero attached hydrogens (tertiary/aromatic N) is 1. The zero-order valence-electron chi connectivity index (χ0n) is 4.50. The molecular weight excluding hydrogens is 123 g/mol. The molecule has 0 unspecified atom stereocenters. The van der Waals surface area contributed by atoms with Gasteiger partial charge in [-0.1, -0.05) is 0 Å². The van der Waals surface area contributed by atoms with E-state index < -0.39 is 11.7 Å². The number of aromatic hydroxyl groups is 1. The van der Waals surface area contributed by atoms with E-state index in [-0.39, 0.29) is 5.69 Å². The van der Waals surface area contributed by atoms with Crippen molar-refractivity contribution < 1.29 is 9.50 Å². The molecular formula is C5H5FN2O. The average Bonchev–Trinajstić information content (AvgIpc) is 1.80. The lowest BCUT2D eigenvalue weighted by molar-refractivity contribution is 0.419. The molecule has 48 valence electrons. The van der Waals surface area contributed by atoms with Gasteiger partial charge in [0.15, 0.2) is 5.75 Å². The Balaban J connectivity index is 3.17. The molecule has 0 amide bonds. The fourth-order valence-electron chi connectivity index (χ4n) is 0.452. The lowest BCUT2D eigenvalue weighted by atomic mass is 10.4. The lowest BCUT2D eigenvalue weighted by Gasteiger charge is -1.93. The van der Waals surface area contributed by atoms with Crippen molar-refractivity contribution in [1.29, 1.82) is 0 Å². The number of nitrogen functional groups attached to an aromatic ring is 1. The summed E-state index contributed by atoms with van der Waals surface area (Å²) in [4.78, 5) is 3.14. The highest BCUT2D eigenvalue weighted by molar-refractivity contribution is 5.39. The van der Waals surface area contributed by atoms with E-state index in [1.165, 1.54) is 0 Å². The van der Waals surface area contributed by atoms with E-state index >= 15 is 0 Å². The molecule has 1 heterocycles. The molecule has 9 heavy (non-hydrogen) atoms. The van der Waals surface area contributed by atoms with Crippen LogP contribution in [0, 0.1) is 5.95 Å². The number of hydrogen-bond donors (Lipinski definition) is 2. The Hall–Kier alpha value is -1.32. The molecule has 3 N–H and O–H groups in total. The van der Waals surface area contributed by atoms with Crippen molar-refractivity contribution in [2.75, 3.05) is 5.73 Å². The molecule has 1 aromatic heterocycles. The van der Waals surface area contributed by atoms with Gasteiger partial charge < -0.3 is 10.8 Å². The van der Waals surface area contributed by atoms with Crippen LogP contribution in [0.1, 0.15) is 0 Å². The zero-order valence-corrected chi connectivity index (χ0v) is 4.50. The molecule has 0 aliphatic rings. The second-order valence-electron chi connectivity index (χ2n) is 1.58. The summed E-state index contributed by atoms with van der Waals surface area (Å²) < 4.78 is 12.1. The maximum absolute atomic E-state index is 12.1. The molecule has 0 spiro atoms. The molecule has 0 bridgehead atoms. The molecule has 0 saturated carbocycles.